The number of hydrogen-bond donors (Lipinski definition) is 2. The molecule has 0 radical (unpaired) electrons. The highest BCUT2D eigenvalue weighted by molar-refractivity contribution is 8.30. The van der Waals surface area contributed by atoms with E-state index >= 15 is 0 Å². The van der Waals surface area contributed by atoms with Crippen molar-refractivity contribution in [3.8, 4) is 0 Å². The zero-order valence-electron chi connectivity index (χ0n) is 6.14. The molecular formula is C5H9O3PS2. The molecule has 0 aromatic rings. The molecule has 0 saturated carbocycles. The summed E-state index contributed by atoms with van der Waals surface area (Å²) in [6.07, 6.45) is 0. The van der Waals surface area contributed by atoms with E-state index in [9.17, 15) is 4.57 Å². The minimum Gasteiger partial charge on any atom is -0.323 e. The Labute approximate surface area is 73.8 Å². The van der Waals surface area contributed by atoms with E-state index in [1.165, 1.54) is 23.5 Å². The quantitative estimate of drug-likeness (QED) is 0.652. The topological polar surface area (TPSA) is 57.5 Å². The first-order valence-electron chi connectivity index (χ1n) is 2.94. The lowest BCUT2D eigenvalue weighted by Gasteiger charge is -2.22. The molecule has 2 N–H and O–H groups in total. The van der Waals surface area contributed by atoms with Gasteiger partial charge in [-0.25, -0.2) is 0 Å². The van der Waals surface area contributed by atoms with Gasteiger partial charge in [0.25, 0.3) is 0 Å². The Morgan fingerprint density at radius 2 is 2.18 bits per heavy atom. The van der Waals surface area contributed by atoms with E-state index < -0.39 is 11.4 Å². The first-order valence-corrected chi connectivity index (χ1v) is 6.25. The summed E-state index contributed by atoms with van der Waals surface area (Å²) in [5, 5.41) is 1.78. The summed E-state index contributed by atoms with van der Waals surface area (Å²) in [5.41, 5.74) is 0. The molecule has 0 spiro atoms. The van der Waals surface area contributed by atoms with Gasteiger partial charge in [0.2, 0.25) is 0 Å². The Bertz CT molecular complexity index is 246. The van der Waals surface area contributed by atoms with Crippen molar-refractivity contribution in [3.05, 3.63) is 10.3 Å². The average Bonchev–Trinajstić information content (AvgIpc) is 2.10. The Balaban J connectivity index is 2.83. The van der Waals surface area contributed by atoms with Crippen molar-refractivity contribution in [3.63, 3.8) is 0 Å². The van der Waals surface area contributed by atoms with Crippen LogP contribution in [0.15, 0.2) is 10.3 Å². The Morgan fingerprint density at radius 1 is 1.64 bits per heavy atom. The fourth-order valence-corrected chi connectivity index (χ4v) is 4.33. The minimum atomic E-state index is -3.99. The summed E-state index contributed by atoms with van der Waals surface area (Å²) in [6.45, 7) is 3.41. The summed E-state index contributed by atoms with van der Waals surface area (Å²) < 4.78 is 9.93. The van der Waals surface area contributed by atoms with Gasteiger partial charge < -0.3 is 9.79 Å². The van der Waals surface area contributed by atoms with E-state index in [0.29, 0.717) is 0 Å². The average molecular weight is 212 g/mol. The second kappa shape index (κ2) is 2.82. The molecule has 0 bridgehead atoms. The number of allylic oxidation sites excluding steroid dienone is 1. The lowest BCUT2D eigenvalue weighted by molar-refractivity contribution is 0.368. The van der Waals surface area contributed by atoms with Crippen molar-refractivity contribution < 1.29 is 14.4 Å². The predicted molar refractivity (Wildman–Crippen MR) is 49.4 cm³/mol. The molecule has 0 aliphatic carbocycles. The summed E-state index contributed by atoms with van der Waals surface area (Å²) in [7, 11) is -3.99. The maximum atomic E-state index is 10.9. The maximum absolute atomic E-state index is 10.9. The van der Waals surface area contributed by atoms with Crippen LogP contribution in [0.2, 0.25) is 0 Å². The summed E-state index contributed by atoms with van der Waals surface area (Å²) >= 11 is 2.43. The van der Waals surface area contributed by atoms with Crippen LogP contribution in [0.3, 0.4) is 0 Å². The lowest BCUT2D eigenvalue weighted by atomic mass is 10.8. The Kier molecular flexibility index (Phi) is 2.48. The van der Waals surface area contributed by atoms with Crippen LogP contribution in [0.1, 0.15) is 13.8 Å². The summed E-state index contributed by atoms with van der Waals surface area (Å²) in [5.74, 6) is 0. The Morgan fingerprint density at radius 3 is 2.36 bits per heavy atom. The van der Waals surface area contributed by atoms with Crippen molar-refractivity contribution in [1.82, 2.24) is 0 Å². The highest BCUT2D eigenvalue weighted by atomic mass is 32.2. The molecule has 1 heterocycles. The van der Waals surface area contributed by atoms with Gasteiger partial charge in [-0.2, -0.15) is 0 Å². The molecule has 64 valence electrons. The first kappa shape index (κ1) is 9.68. The van der Waals surface area contributed by atoms with E-state index in [1.54, 1.807) is 12.3 Å². The molecule has 0 aromatic carbocycles. The SMILES string of the molecule is CC1=CSC(C)(P(=O)(O)O)S1. The largest absolute Gasteiger partial charge is 0.351 e. The van der Waals surface area contributed by atoms with Crippen LogP contribution in [-0.4, -0.2) is 13.6 Å². The molecule has 1 rings (SSSR count). The smallest absolute Gasteiger partial charge is 0.323 e. The van der Waals surface area contributed by atoms with E-state index in [0.717, 1.165) is 4.91 Å². The van der Waals surface area contributed by atoms with Crippen LogP contribution in [-0.2, 0) is 4.57 Å². The van der Waals surface area contributed by atoms with Crippen LogP contribution in [0.5, 0.6) is 0 Å². The molecule has 0 aromatic heterocycles. The fraction of sp³-hybridized carbons (Fsp3) is 0.600. The van der Waals surface area contributed by atoms with Crippen LogP contribution in [0, 0.1) is 0 Å². The zero-order valence-corrected chi connectivity index (χ0v) is 8.67. The highest BCUT2D eigenvalue weighted by Crippen LogP contribution is 2.68. The van der Waals surface area contributed by atoms with Crippen LogP contribution >= 0.6 is 31.1 Å². The van der Waals surface area contributed by atoms with E-state index in [2.05, 4.69) is 0 Å². The second-order valence-electron chi connectivity index (χ2n) is 2.39. The molecule has 6 heteroatoms. The normalized spacial score (nSPS) is 32.2. The fourth-order valence-electron chi connectivity index (χ4n) is 0.667. The van der Waals surface area contributed by atoms with Crippen molar-refractivity contribution in [2.24, 2.45) is 0 Å². The van der Waals surface area contributed by atoms with Gasteiger partial charge in [-0.1, -0.05) is 11.8 Å². The molecule has 0 amide bonds. The standard InChI is InChI=1S/C5H9O3PS2/c1-4-3-10-5(2,11-4)9(6,7)8/h3H,1-2H3,(H2,6,7,8). The predicted octanol–water partition coefficient (Wildman–Crippen LogP) is 2.18. The van der Waals surface area contributed by atoms with Crippen molar-refractivity contribution in [1.29, 1.82) is 0 Å². The van der Waals surface area contributed by atoms with Gasteiger partial charge in [0.1, 0.15) is 0 Å². The molecule has 1 atom stereocenters. The van der Waals surface area contributed by atoms with Gasteiger partial charge in [-0.3, -0.25) is 4.57 Å². The number of thioether (sulfide) groups is 2. The van der Waals surface area contributed by atoms with Crippen molar-refractivity contribution in [2.75, 3.05) is 0 Å². The minimum absolute atomic E-state index is 0.959. The van der Waals surface area contributed by atoms with Crippen LogP contribution < -0.4 is 0 Å². The monoisotopic (exact) mass is 212 g/mol. The van der Waals surface area contributed by atoms with Gasteiger partial charge in [-0.05, 0) is 24.2 Å². The first-order chi connectivity index (χ1) is 4.85. The van der Waals surface area contributed by atoms with Gasteiger partial charge in [0.15, 0.2) is 3.82 Å². The molecule has 1 unspecified atom stereocenters. The highest BCUT2D eigenvalue weighted by Gasteiger charge is 2.46. The van der Waals surface area contributed by atoms with Gasteiger partial charge in [0.05, 0.1) is 0 Å². The second-order valence-corrected chi connectivity index (χ2v) is 8.19. The maximum Gasteiger partial charge on any atom is 0.351 e. The number of hydrogen-bond acceptors (Lipinski definition) is 3. The molecule has 3 nitrogen and oxygen atoms in total. The third-order valence-corrected chi connectivity index (χ3v) is 6.81. The van der Waals surface area contributed by atoms with Gasteiger partial charge in [-0.15, -0.1) is 11.8 Å². The van der Waals surface area contributed by atoms with Gasteiger partial charge in [0, 0.05) is 0 Å². The molecule has 1 aliphatic heterocycles. The van der Waals surface area contributed by atoms with E-state index in [-0.39, 0.29) is 0 Å². The summed E-state index contributed by atoms with van der Waals surface area (Å²) in [6, 6.07) is 0. The molecule has 1 aliphatic rings. The van der Waals surface area contributed by atoms with Crippen LogP contribution in [0.25, 0.3) is 0 Å². The zero-order chi connectivity index (χ0) is 8.70. The van der Waals surface area contributed by atoms with Gasteiger partial charge >= 0.3 is 7.60 Å². The van der Waals surface area contributed by atoms with E-state index in [1.807, 2.05) is 6.92 Å². The third kappa shape index (κ3) is 1.84. The molecule has 0 fully saturated rings. The Hall–Kier alpha value is 0.590. The number of rotatable bonds is 1. The third-order valence-electron chi connectivity index (χ3n) is 1.32. The van der Waals surface area contributed by atoms with E-state index in [4.69, 9.17) is 9.79 Å². The molecular weight excluding hydrogens is 203 g/mol. The van der Waals surface area contributed by atoms with Crippen molar-refractivity contribution >= 4 is 31.1 Å². The molecule has 11 heavy (non-hydrogen) atoms. The summed E-state index contributed by atoms with van der Waals surface area (Å²) in [4.78, 5) is 18.8. The lowest BCUT2D eigenvalue weighted by Crippen LogP contribution is -2.11. The van der Waals surface area contributed by atoms with Crippen LogP contribution in [0.4, 0.5) is 0 Å². The molecule has 0 saturated heterocycles. The van der Waals surface area contributed by atoms with Crippen molar-refractivity contribution in [2.45, 2.75) is 17.7 Å².